The average molecular weight is 401 g/mol. The molecule has 1 fully saturated rings. The van der Waals surface area contributed by atoms with Crippen molar-refractivity contribution in [1.82, 2.24) is 4.90 Å². The summed E-state index contributed by atoms with van der Waals surface area (Å²) in [4.78, 5) is 14.9. The molecule has 146 valence electrons. The maximum Gasteiger partial charge on any atom is 0.253 e. The molecule has 0 bridgehead atoms. The highest BCUT2D eigenvalue weighted by Gasteiger charge is 2.40. The zero-order valence-corrected chi connectivity index (χ0v) is 17.5. The fourth-order valence-electron chi connectivity index (χ4n) is 3.04. The molecular weight excluding hydrogens is 372 g/mol. The van der Waals surface area contributed by atoms with Crippen LogP contribution in [0.25, 0.3) is 0 Å². The van der Waals surface area contributed by atoms with Gasteiger partial charge in [0.25, 0.3) is 5.91 Å². The summed E-state index contributed by atoms with van der Waals surface area (Å²) in [6, 6.07) is 7.07. The number of carbonyl (C=O) groups excluding carboxylic acids is 1. The molecule has 4 unspecified atom stereocenters. The molecule has 4 atom stereocenters. The van der Waals surface area contributed by atoms with Crippen molar-refractivity contribution in [3.63, 3.8) is 0 Å². The van der Waals surface area contributed by atoms with E-state index in [-0.39, 0.29) is 29.3 Å². The highest BCUT2D eigenvalue weighted by Crippen LogP contribution is 2.31. The van der Waals surface area contributed by atoms with E-state index in [2.05, 4.69) is 0 Å². The van der Waals surface area contributed by atoms with Crippen LogP contribution in [0.2, 0.25) is 5.02 Å². The van der Waals surface area contributed by atoms with Gasteiger partial charge in [0, 0.05) is 38.9 Å². The van der Waals surface area contributed by atoms with Crippen molar-refractivity contribution in [2.75, 3.05) is 18.9 Å². The lowest BCUT2D eigenvalue weighted by Crippen LogP contribution is -2.57. The van der Waals surface area contributed by atoms with E-state index in [0.29, 0.717) is 17.4 Å². The number of morpholine rings is 1. The van der Waals surface area contributed by atoms with Crippen LogP contribution in [0.3, 0.4) is 0 Å². The molecule has 2 N–H and O–H groups in total. The monoisotopic (exact) mass is 400 g/mol. The van der Waals surface area contributed by atoms with Crippen LogP contribution in [-0.4, -0.2) is 50.8 Å². The maximum atomic E-state index is 13.0. The summed E-state index contributed by atoms with van der Waals surface area (Å²) in [5, 5.41) is 0.643. The number of amides is 1. The fraction of sp³-hybridized carbons (Fsp3) is 0.632. The molecule has 26 heavy (non-hydrogen) atoms. The fourth-order valence-corrected chi connectivity index (χ4v) is 4.42. The third-order valence-electron chi connectivity index (χ3n) is 4.68. The van der Waals surface area contributed by atoms with Crippen LogP contribution in [0.1, 0.15) is 45.7 Å². The molecule has 1 amide bonds. The van der Waals surface area contributed by atoms with Gasteiger partial charge in [0.15, 0.2) is 0 Å². The number of hydrogen-bond acceptors (Lipinski definition) is 4. The zero-order valence-electron chi connectivity index (χ0n) is 15.9. The average Bonchev–Trinajstić information content (AvgIpc) is 2.59. The van der Waals surface area contributed by atoms with Gasteiger partial charge in [0.1, 0.15) is 6.10 Å². The Labute approximate surface area is 163 Å². The van der Waals surface area contributed by atoms with Crippen molar-refractivity contribution in [1.29, 1.82) is 0 Å². The highest BCUT2D eigenvalue weighted by atomic mass is 35.5. The largest absolute Gasteiger partial charge is 0.365 e. The summed E-state index contributed by atoms with van der Waals surface area (Å²) in [7, 11) is -1.06. The summed E-state index contributed by atoms with van der Waals surface area (Å²) in [5.74, 6) is 0.309. The molecule has 0 saturated carbocycles. The first kappa shape index (κ1) is 21.4. The molecule has 5 nitrogen and oxygen atoms in total. The lowest BCUT2D eigenvalue weighted by Gasteiger charge is -2.44. The third-order valence-corrected chi connectivity index (χ3v) is 6.99. The first-order chi connectivity index (χ1) is 12.2. The minimum atomic E-state index is -1.06. The minimum Gasteiger partial charge on any atom is -0.365 e. The maximum absolute atomic E-state index is 13.0. The third kappa shape index (κ3) is 4.85. The van der Waals surface area contributed by atoms with Crippen molar-refractivity contribution < 1.29 is 13.7 Å². The Morgan fingerprint density at radius 2 is 1.96 bits per heavy atom. The van der Waals surface area contributed by atoms with Crippen molar-refractivity contribution in [3.8, 4) is 0 Å². The van der Waals surface area contributed by atoms with Gasteiger partial charge in [-0.15, -0.1) is 0 Å². The zero-order chi connectivity index (χ0) is 19.5. The SMILES string of the molecule is CCC(CS(=O)C(C)(C)C)N1C(=O)C(CN)OCC1c1ccc(Cl)cc1. The molecule has 2 rings (SSSR count). The molecule has 0 aromatic heterocycles. The van der Waals surface area contributed by atoms with Crippen LogP contribution in [-0.2, 0) is 20.3 Å². The van der Waals surface area contributed by atoms with E-state index in [1.54, 1.807) is 0 Å². The molecule has 1 aliphatic rings. The number of nitrogens with zero attached hydrogens (tertiary/aromatic N) is 1. The molecule has 0 aliphatic carbocycles. The van der Waals surface area contributed by atoms with E-state index < -0.39 is 16.9 Å². The standard InChI is InChI=1S/C19H29ClN2O3S/c1-5-15(12-26(24)19(2,3)4)22-16(11-25-17(10-21)18(22)23)13-6-8-14(20)9-7-13/h6-9,15-17H,5,10-12,21H2,1-4H3. The number of carbonyl (C=O) groups is 1. The van der Waals surface area contributed by atoms with E-state index in [4.69, 9.17) is 22.1 Å². The topological polar surface area (TPSA) is 72.6 Å². The van der Waals surface area contributed by atoms with Crippen LogP contribution >= 0.6 is 11.6 Å². The Bertz CT molecular complexity index is 645. The number of benzene rings is 1. The van der Waals surface area contributed by atoms with Crippen molar-refractivity contribution >= 4 is 28.3 Å². The van der Waals surface area contributed by atoms with E-state index >= 15 is 0 Å². The summed E-state index contributed by atoms with van der Waals surface area (Å²) in [6.07, 6.45) is 0.0743. The lowest BCUT2D eigenvalue weighted by molar-refractivity contribution is -0.162. The first-order valence-corrected chi connectivity index (χ1v) is 10.7. The summed E-state index contributed by atoms with van der Waals surface area (Å²) in [6.45, 7) is 8.39. The van der Waals surface area contributed by atoms with Crippen molar-refractivity contribution in [3.05, 3.63) is 34.9 Å². The summed E-state index contributed by atoms with van der Waals surface area (Å²) < 4.78 is 18.1. The van der Waals surface area contributed by atoms with Gasteiger partial charge in [-0.05, 0) is 44.9 Å². The van der Waals surface area contributed by atoms with Crippen LogP contribution < -0.4 is 5.73 Å². The molecular formula is C19H29ClN2O3S. The predicted octanol–water partition coefficient (Wildman–Crippen LogP) is 2.89. The van der Waals surface area contributed by atoms with Gasteiger partial charge >= 0.3 is 0 Å². The Morgan fingerprint density at radius 1 is 1.35 bits per heavy atom. The number of halogens is 1. The van der Waals surface area contributed by atoms with E-state index in [9.17, 15) is 9.00 Å². The molecule has 1 heterocycles. The summed E-state index contributed by atoms with van der Waals surface area (Å²) >= 11 is 6.00. The molecule has 1 saturated heterocycles. The number of nitrogens with two attached hydrogens (primary N) is 1. The number of hydrogen-bond donors (Lipinski definition) is 1. The molecule has 1 aromatic carbocycles. The number of ether oxygens (including phenoxy) is 1. The van der Waals surface area contributed by atoms with Gasteiger partial charge in [0.05, 0.1) is 12.6 Å². The Kier molecular flexibility index (Phi) is 7.25. The van der Waals surface area contributed by atoms with Crippen LogP contribution in [0.5, 0.6) is 0 Å². The van der Waals surface area contributed by atoms with Crippen molar-refractivity contribution in [2.24, 2.45) is 5.73 Å². The Morgan fingerprint density at radius 3 is 2.46 bits per heavy atom. The van der Waals surface area contributed by atoms with Gasteiger partial charge < -0.3 is 15.4 Å². The van der Waals surface area contributed by atoms with E-state index in [1.807, 2.05) is 56.9 Å². The van der Waals surface area contributed by atoms with E-state index in [1.165, 1.54) is 0 Å². The highest BCUT2D eigenvalue weighted by molar-refractivity contribution is 7.86. The van der Waals surface area contributed by atoms with E-state index in [0.717, 1.165) is 12.0 Å². The molecule has 0 spiro atoms. The first-order valence-electron chi connectivity index (χ1n) is 8.96. The second kappa shape index (κ2) is 8.83. The van der Waals surface area contributed by atoms with Gasteiger partial charge in [-0.1, -0.05) is 30.7 Å². The molecule has 7 heteroatoms. The quantitative estimate of drug-likeness (QED) is 0.796. The molecule has 1 aromatic rings. The summed E-state index contributed by atoms with van der Waals surface area (Å²) in [5.41, 5.74) is 6.68. The normalized spacial score (nSPS) is 23.8. The Hall–Kier alpha value is -0.950. The van der Waals surface area contributed by atoms with Crippen LogP contribution in [0.15, 0.2) is 24.3 Å². The van der Waals surface area contributed by atoms with Crippen LogP contribution in [0, 0.1) is 0 Å². The van der Waals surface area contributed by atoms with Crippen molar-refractivity contribution in [2.45, 2.75) is 57.1 Å². The lowest BCUT2D eigenvalue weighted by atomic mass is 10.00. The molecule has 1 aliphatic heterocycles. The minimum absolute atomic E-state index is 0.128. The Balaban J connectivity index is 2.35. The van der Waals surface area contributed by atoms with Gasteiger partial charge in [-0.2, -0.15) is 0 Å². The molecule has 0 radical (unpaired) electrons. The second-order valence-electron chi connectivity index (χ2n) is 7.56. The smallest absolute Gasteiger partial charge is 0.253 e. The van der Waals surface area contributed by atoms with Gasteiger partial charge in [0.2, 0.25) is 0 Å². The van der Waals surface area contributed by atoms with Gasteiger partial charge in [-0.3, -0.25) is 9.00 Å². The van der Waals surface area contributed by atoms with Crippen LogP contribution in [0.4, 0.5) is 0 Å². The predicted molar refractivity (Wildman–Crippen MR) is 107 cm³/mol. The second-order valence-corrected chi connectivity index (χ2v) is 10.2. The van der Waals surface area contributed by atoms with Gasteiger partial charge in [-0.25, -0.2) is 0 Å². The number of rotatable bonds is 6.